The number of phenolic OH excluding ortho intramolecular Hbond substituents is 1. The average Bonchev–Trinajstić information content (AvgIpc) is 2.85. The Morgan fingerprint density at radius 2 is 2.12 bits per heavy atom. The third-order valence-corrected chi connectivity index (χ3v) is 4.34. The van der Waals surface area contributed by atoms with Gasteiger partial charge in [-0.25, -0.2) is 0 Å². The number of hydrogen-bond acceptors (Lipinski definition) is 2. The van der Waals surface area contributed by atoms with Crippen LogP contribution in [-0.4, -0.2) is 11.1 Å². The maximum Gasteiger partial charge on any atom is 0.134 e. The summed E-state index contributed by atoms with van der Waals surface area (Å²) in [6, 6.07) is 5.97. The van der Waals surface area contributed by atoms with E-state index in [-0.39, 0.29) is 5.75 Å². The van der Waals surface area contributed by atoms with Gasteiger partial charge in [0.15, 0.2) is 0 Å². The molecule has 2 fully saturated rings. The number of halogens is 1. The second-order valence-electron chi connectivity index (χ2n) is 5.09. The van der Waals surface area contributed by atoms with Crippen LogP contribution in [0.25, 0.3) is 0 Å². The number of anilines is 1. The molecule has 3 rings (SSSR count). The van der Waals surface area contributed by atoms with E-state index in [1.807, 2.05) is 12.1 Å². The number of hydrogen-bond donors (Lipinski definition) is 2. The summed E-state index contributed by atoms with van der Waals surface area (Å²) >= 11 is 5.89. The van der Waals surface area contributed by atoms with Crippen molar-refractivity contribution in [2.24, 2.45) is 11.8 Å². The third kappa shape index (κ3) is 1.75. The highest BCUT2D eigenvalue weighted by atomic mass is 35.5. The Kier molecular flexibility index (Phi) is 2.47. The minimum absolute atomic E-state index is 0.153. The van der Waals surface area contributed by atoms with E-state index in [0.717, 1.165) is 17.5 Å². The van der Waals surface area contributed by atoms with Crippen LogP contribution >= 0.6 is 11.6 Å². The second-order valence-corrected chi connectivity index (χ2v) is 5.50. The molecule has 0 radical (unpaired) electrons. The molecule has 2 aliphatic carbocycles. The summed E-state index contributed by atoms with van der Waals surface area (Å²) in [4.78, 5) is 0. The lowest BCUT2D eigenvalue weighted by Gasteiger charge is -2.24. The van der Waals surface area contributed by atoms with Crippen LogP contribution < -0.4 is 5.32 Å². The summed E-state index contributed by atoms with van der Waals surface area (Å²) in [6.07, 6.45) is 5.47. The van der Waals surface area contributed by atoms with E-state index in [1.54, 1.807) is 6.07 Å². The molecule has 2 bridgehead atoms. The van der Waals surface area contributed by atoms with E-state index in [1.165, 1.54) is 25.7 Å². The van der Waals surface area contributed by atoms with Crippen LogP contribution in [0.3, 0.4) is 0 Å². The molecule has 0 amide bonds. The van der Waals surface area contributed by atoms with Crippen molar-refractivity contribution in [3.05, 3.63) is 23.2 Å². The van der Waals surface area contributed by atoms with E-state index in [2.05, 4.69) is 5.32 Å². The van der Waals surface area contributed by atoms with Gasteiger partial charge in [-0.15, -0.1) is 0 Å². The van der Waals surface area contributed by atoms with E-state index in [9.17, 15) is 5.11 Å². The summed E-state index contributed by atoms with van der Waals surface area (Å²) in [5.41, 5.74) is 1.03. The minimum Gasteiger partial charge on any atom is -0.506 e. The van der Waals surface area contributed by atoms with Crippen LogP contribution in [-0.2, 0) is 0 Å². The molecule has 0 aliphatic heterocycles. The predicted octanol–water partition coefficient (Wildman–Crippen LogP) is 3.65. The summed E-state index contributed by atoms with van der Waals surface area (Å²) < 4.78 is 0. The Labute approximate surface area is 101 Å². The highest BCUT2D eigenvalue weighted by Crippen LogP contribution is 2.45. The quantitative estimate of drug-likeness (QED) is 0.770. The van der Waals surface area contributed by atoms with Gasteiger partial charge < -0.3 is 10.4 Å². The van der Waals surface area contributed by atoms with Crippen LogP contribution in [0, 0.1) is 11.8 Å². The summed E-state index contributed by atoms with van der Waals surface area (Å²) in [6.45, 7) is 0. The van der Waals surface area contributed by atoms with Gasteiger partial charge in [0.2, 0.25) is 0 Å². The minimum atomic E-state index is 0.153. The predicted molar refractivity (Wildman–Crippen MR) is 66.0 cm³/mol. The van der Waals surface area contributed by atoms with Gasteiger partial charge in [-0.1, -0.05) is 18.0 Å². The van der Waals surface area contributed by atoms with Crippen molar-refractivity contribution in [3.63, 3.8) is 0 Å². The molecule has 86 valence electrons. The Bertz CT molecular complexity index is 407. The molecule has 16 heavy (non-hydrogen) atoms. The van der Waals surface area contributed by atoms with Crippen molar-refractivity contribution in [1.29, 1.82) is 0 Å². The summed E-state index contributed by atoms with van der Waals surface area (Å²) in [7, 11) is 0. The van der Waals surface area contributed by atoms with Crippen molar-refractivity contribution in [2.45, 2.75) is 31.7 Å². The molecule has 2 saturated carbocycles. The van der Waals surface area contributed by atoms with Crippen molar-refractivity contribution in [2.75, 3.05) is 5.32 Å². The van der Waals surface area contributed by atoms with Gasteiger partial charge in [-0.3, -0.25) is 0 Å². The molecule has 0 aromatic heterocycles. The standard InChI is InChI=1S/C13H16ClNO/c14-11-7-10(3-4-13(11)16)15-12-6-8-1-2-9(12)5-8/h3-4,7-9,12,15-16H,1-2,5-6H2. The molecule has 2 N–H and O–H groups in total. The maximum absolute atomic E-state index is 9.35. The van der Waals surface area contributed by atoms with Crippen molar-refractivity contribution in [1.82, 2.24) is 0 Å². The Morgan fingerprint density at radius 3 is 2.75 bits per heavy atom. The van der Waals surface area contributed by atoms with E-state index in [4.69, 9.17) is 11.6 Å². The lowest BCUT2D eigenvalue weighted by atomic mass is 9.95. The number of phenols is 1. The van der Waals surface area contributed by atoms with Crippen LogP contribution in [0.1, 0.15) is 25.7 Å². The SMILES string of the molecule is Oc1ccc(NC2CC3CCC2C3)cc1Cl. The normalized spacial score (nSPS) is 31.9. The molecule has 0 saturated heterocycles. The topological polar surface area (TPSA) is 32.3 Å². The number of aromatic hydroxyl groups is 1. The second kappa shape index (κ2) is 3.85. The number of benzene rings is 1. The van der Waals surface area contributed by atoms with Crippen LogP contribution in [0.15, 0.2) is 18.2 Å². The Hall–Kier alpha value is -0.890. The van der Waals surface area contributed by atoms with E-state index < -0.39 is 0 Å². The first-order valence-electron chi connectivity index (χ1n) is 5.97. The largest absolute Gasteiger partial charge is 0.506 e. The number of rotatable bonds is 2. The zero-order valence-electron chi connectivity index (χ0n) is 9.12. The molecule has 3 heteroatoms. The molecule has 0 heterocycles. The molecule has 3 atom stereocenters. The van der Waals surface area contributed by atoms with Crippen LogP contribution in [0.5, 0.6) is 5.75 Å². The zero-order chi connectivity index (χ0) is 11.1. The lowest BCUT2D eigenvalue weighted by Crippen LogP contribution is -2.25. The molecule has 1 aromatic rings. The molecule has 3 unspecified atom stereocenters. The smallest absolute Gasteiger partial charge is 0.134 e. The molecule has 2 nitrogen and oxygen atoms in total. The van der Waals surface area contributed by atoms with Gasteiger partial charge in [0.25, 0.3) is 0 Å². The molecule has 2 aliphatic rings. The van der Waals surface area contributed by atoms with Crippen LogP contribution in [0.4, 0.5) is 5.69 Å². The highest BCUT2D eigenvalue weighted by Gasteiger charge is 2.39. The fraction of sp³-hybridized carbons (Fsp3) is 0.538. The fourth-order valence-corrected chi connectivity index (χ4v) is 3.41. The van der Waals surface area contributed by atoms with Gasteiger partial charge in [0.05, 0.1) is 5.02 Å². The van der Waals surface area contributed by atoms with E-state index in [0.29, 0.717) is 11.1 Å². The molecule has 0 spiro atoms. The first-order chi connectivity index (χ1) is 7.72. The maximum atomic E-state index is 9.35. The first kappa shape index (κ1) is 10.3. The summed E-state index contributed by atoms with van der Waals surface area (Å²) in [5, 5.41) is 13.3. The van der Waals surface area contributed by atoms with Gasteiger partial charge in [-0.05, 0) is 49.3 Å². The van der Waals surface area contributed by atoms with Crippen molar-refractivity contribution >= 4 is 17.3 Å². The van der Waals surface area contributed by atoms with Crippen molar-refractivity contribution in [3.8, 4) is 5.75 Å². The lowest BCUT2D eigenvalue weighted by molar-refractivity contribution is 0.439. The molecule has 1 aromatic carbocycles. The fourth-order valence-electron chi connectivity index (χ4n) is 3.23. The Balaban J connectivity index is 1.72. The van der Waals surface area contributed by atoms with Gasteiger partial charge in [0.1, 0.15) is 5.75 Å². The number of nitrogens with one attached hydrogen (secondary N) is 1. The van der Waals surface area contributed by atoms with Crippen molar-refractivity contribution < 1.29 is 5.11 Å². The monoisotopic (exact) mass is 237 g/mol. The molecular weight excluding hydrogens is 222 g/mol. The van der Waals surface area contributed by atoms with E-state index >= 15 is 0 Å². The number of fused-ring (bicyclic) bond motifs is 2. The molecular formula is C13H16ClNO. The van der Waals surface area contributed by atoms with Gasteiger partial charge in [-0.2, -0.15) is 0 Å². The zero-order valence-corrected chi connectivity index (χ0v) is 9.87. The van der Waals surface area contributed by atoms with Gasteiger partial charge in [0, 0.05) is 11.7 Å². The first-order valence-corrected chi connectivity index (χ1v) is 6.35. The van der Waals surface area contributed by atoms with Gasteiger partial charge >= 0.3 is 0 Å². The average molecular weight is 238 g/mol. The highest BCUT2D eigenvalue weighted by molar-refractivity contribution is 6.32. The third-order valence-electron chi connectivity index (χ3n) is 4.04. The Morgan fingerprint density at radius 1 is 1.25 bits per heavy atom. The van der Waals surface area contributed by atoms with Crippen LogP contribution in [0.2, 0.25) is 5.02 Å². The summed E-state index contributed by atoms with van der Waals surface area (Å²) in [5.74, 6) is 1.94.